The van der Waals surface area contributed by atoms with Gasteiger partial charge in [0.1, 0.15) is 0 Å². The molecule has 0 radical (unpaired) electrons. The first-order valence-electron chi connectivity index (χ1n) is 7.72. The van der Waals surface area contributed by atoms with Crippen molar-refractivity contribution in [1.82, 2.24) is 5.32 Å². The number of hydrogen-bond acceptors (Lipinski definition) is 2. The Morgan fingerprint density at radius 3 is 2.22 bits per heavy atom. The minimum absolute atomic E-state index is 0.0967. The summed E-state index contributed by atoms with van der Waals surface area (Å²) in [5.41, 5.74) is 0.511. The first-order chi connectivity index (χ1) is 8.43. The summed E-state index contributed by atoms with van der Waals surface area (Å²) in [6.07, 6.45) is 8.97. The summed E-state index contributed by atoms with van der Waals surface area (Å²) in [6.45, 7) is 10.2. The molecular formula is C16H33NO. The molecule has 2 nitrogen and oxygen atoms in total. The summed E-state index contributed by atoms with van der Waals surface area (Å²) in [6, 6.07) is 0.520. The molecule has 0 heterocycles. The number of hydrogen-bond donors (Lipinski definition) is 1. The van der Waals surface area contributed by atoms with Gasteiger partial charge in [0.25, 0.3) is 0 Å². The molecule has 0 bridgehead atoms. The lowest BCUT2D eigenvalue weighted by Crippen LogP contribution is -2.53. The quantitative estimate of drug-likeness (QED) is 0.770. The van der Waals surface area contributed by atoms with Gasteiger partial charge in [0.05, 0.1) is 5.60 Å². The average molecular weight is 255 g/mol. The monoisotopic (exact) mass is 255 g/mol. The normalized spacial score (nSPS) is 21.8. The Kier molecular flexibility index (Phi) is 6.13. The fourth-order valence-electron chi connectivity index (χ4n) is 3.22. The molecule has 0 aromatic heterocycles. The lowest BCUT2D eigenvalue weighted by molar-refractivity contribution is -0.0707. The van der Waals surface area contributed by atoms with Gasteiger partial charge >= 0.3 is 0 Å². The van der Waals surface area contributed by atoms with E-state index < -0.39 is 0 Å². The zero-order valence-corrected chi connectivity index (χ0v) is 13.1. The molecule has 1 aliphatic rings. The Morgan fingerprint density at radius 2 is 1.78 bits per heavy atom. The van der Waals surface area contributed by atoms with E-state index in [-0.39, 0.29) is 5.60 Å². The van der Waals surface area contributed by atoms with Crippen LogP contribution in [-0.4, -0.2) is 25.3 Å². The van der Waals surface area contributed by atoms with Crippen LogP contribution >= 0.6 is 0 Å². The standard InChI is InChI=1S/C16H33NO/c1-6-17-14(10-13-15(2,3)4)16(18-5)11-8-7-9-12-16/h14,17H,6-13H2,1-5H3. The number of likely N-dealkylation sites (N-methyl/N-ethyl adjacent to an activating group) is 1. The third-order valence-corrected chi connectivity index (χ3v) is 4.38. The maximum atomic E-state index is 6.00. The predicted molar refractivity (Wildman–Crippen MR) is 79.0 cm³/mol. The fraction of sp³-hybridized carbons (Fsp3) is 1.00. The molecule has 0 spiro atoms. The average Bonchev–Trinajstić information content (AvgIpc) is 2.34. The molecule has 1 fully saturated rings. The molecule has 1 rings (SSSR count). The number of rotatable bonds is 6. The first kappa shape index (κ1) is 16.0. The molecule has 0 aromatic rings. The molecule has 1 unspecified atom stereocenters. The van der Waals surface area contributed by atoms with Crippen molar-refractivity contribution in [3.05, 3.63) is 0 Å². The molecule has 1 saturated carbocycles. The largest absolute Gasteiger partial charge is 0.377 e. The highest BCUT2D eigenvalue weighted by molar-refractivity contribution is 4.95. The topological polar surface area (TPSA) is 21.3 Å². The van der Waals surface area contributed by atoms with E-state index in [0.29, 0.717) is 11.5 Å². The van der Waals surface area contributed by atoms with Gasteiger partial charge in [-0.2, -0.15) is 0 Å². The molecule has 2 heteroatoms. The second-order valence-corrected chi connectivity index (χ2v) is 7.04. The first-order valence-corrected chi connectivity index (χ1v) is 7.72. The maximum Gasteiger partial charge on any atom is 0.0830 e. The van der Waals surface area contributed by atoms with Crippen molar-refractivity contribution in [3.8, 4) is 0 Å². The van der Waals surface area contributed by atoms with Crippen molar-refractivity contribution in [1.29, 1.82) is 0 Å². The Hall–Kier alpha value is -0.0800. The van der Waals surface area contributed by atoms with Crippen molar-refractivity contribution >= 4 is 0 Å². The van der Waals surface area contributed by atoms with Crippen molar-refractivity contribution in [2.45, 2.75) is 84.3 Å². The van der Waals surface area contributed by atoms with E-state index in [0.717, 1.165) is 6.54 Å². The van der Waals surface area contributed by atoms with E-state index >= 15 is 0 Å². The fourth-order valence-corrected chi connectivity index (χ4v) is 3.22. The minimum atomic E-state index is 0.0967. The van der Waals surface area contributed by atoms with Crippen LogP contribution < -0.4 is 5.32 Å². The molecular weight excluding hydrogens is 222 g/mol. The summed E-state index contributed by atoms with van der Waals surface area (Å²) in [7, 11) is 1.91. The van der Waals surface area contributed by atoms with Crippen molar-refractivity contribution in [2.24, 2.45) is 5.41 Å². The van der Waals surface area contributed by atoms with Gasteiger partial charge in [-0.05, 0) is 37.6 Å². The van der Waals surface area contributed by atoms with Crippen LogP contribution in [0.4, 0.5) is 0 Å². The van der Waals surface area contributed by atoms with E-state index in [2.05, 4.69) is 33.0 Å². The minimum Gasteiger partial charge on any atom is -0.377 e. The highest BCUT2D eigenvalue weighted by Gasteiger charge is 2.39. The summed E-state index contributed by atoms with van der Waals surface area (Å²) in [4.78, 5) is 0. The van der Waals surface area contributed by atoms with Gasteiger partial charge in [-0.3, -0.25) is 0 Å². The van der Waals surface area contributed by atoms with E-state index in [1.54, 1.807) is 0 Å². The summed E-state index contributed by atoms with van der Waals surface area (Å²) in [5.74, 6) is 0. The maximum absolute atomic E-state index is 6.00. The van der Waals surface area contributed by atoms with Crippen LogP contribution in [0.15, 0.2) is 0 Å². The molecule has 0 aliphatic heterocycles. The highest BCUT2D eigenvalue weighted by atomic mass is 16.5. The van der Waals surface area contributed by atoms with Crippen LogP contribution in [0.25, 0.3) is 0 Å². The van der Waals surface area contributed by atoms with Gasteiger partial charge in [-0.25, -0.2) is 0 Å². The van der Waals surface area contributed by atoms with E-state index in [1.807, 2.05) is 7.11 Å². The van der Waals surface area contributed by atoms with Crippen LogP contribution in [0.1, 0.15) is 72.6 Å². The lowest BCUT2D eigenvalue weighted by atomic mass is 9.75. The molecule has 18 heavy (non-hydrogen) atoms. The third-order valence-electron chi connectivity index (χ3n) is 4.38. The van der Waals surface area contributed by atoms with Crippen LogP contribution in [0.3, 0.4) is 0 Å². The molecule has 0 aromatic carbocycles. The van der Waals surface area contributed by atoms with Gasteiger partial charge in [-0.15, -0.1) is 0 Å². The van der Waals surface area contributed by atoms with Gasteiger partial charge in [0.15, 0.2) is 0 Å². The summed E-state index contributed by atoms with van der Waals surface area (Å²) >= 11 is 0. The van der Waals surface area contributed by atoms with Crippen molar-refractivity contribution < 1.29 is 4.74 Å². The van der Waals surface area contributed by atoms with Crippen LogP contribution in [-0.2, 0) is 4.74 Å². The van der Waals surface area contributed by atoms with Gasteiger partial charge in [0.2, 0.25) is 0 Å². The zero-order chi connectivity index (χ0) is 13.6. The number of nitrogens with one attached hydrogen (secondary N) is 1. The molecule has 1 aliphatic carbocycles. The van der Waals surface area contributed by atoms with E-state index in [9.17, 15) is 0 Å². The van der Waals surface area contributed by atoms with E-state index in [1.165, 1.54) is 44.9 Å². The summed E-state index contributed by atoms with van der Waals surface area (Å²) < 4.78 is 6.00. The molecule has 1 N–H and O–H groups in total. The van der Waals surface area contributed by atoms with E-state index in [4.69, 9.17) is 4.74 Å². The molecule has 1 atom stereocenters. The zero-order valence-electron chi connectivity index (χ0n) is 13.1. The highest BCUT2D eigenvalue weighted by Crippen LogP contribution is 2.37. The van der Waals surface area contributed by atoms with Crippen molar-refractivity contribution in [3.63, 3.8) is 0 Å². The summed E-state index contributed by atoms with van der Waals surface area (Å²) in [5, 5.41) is 3.69. The van der Waals surface area contributed by atoms with Gasteiger partial charge in [-0.1, -0.05) is 47.0 Å². The molecule has 108 valence electrons. The predicted octanol–water partition coefficient (Wildman–Crippen LogP) is 4.14. The Morgan fingerprint density at radius 1 is 1.17 bits per heavy atom. The second-order valence-electron chi connectivity index (χ2n) is 7.04. The smallest absolute Gasteiger partial charge is 0.0830 e. The van der Waals surface area contributed by atoms with Crippen LogP contribution in [0, 0.1) is 5.41 Å². The molecule has 0 saturated heterocycles. The Labute approximate surface area is 114 Å². The Balaban J connectivity index is 2.67. The number of methoxy groups -OCH3 is 1. The lowest BCUT2D eigenvalue weighted by Gasteiger charge is -2.43. The van der Waals surface area contributed by atoms with Gasteiger partial charge < -0.3 is 10.1 Å². The van der Waals surface area contributed by atoms with Crippen LogP contribution in [0.5, 0.6) is 0 Å². The Bertz CT molecular complexity index is 226. The number of ether oxygens (including phenoxy) is 1. The van der Waals surface area contributed by atoms with Crippen molar-refractivity contribution in [2.75, 3.05) is 13.7 Å². The second kappa shape index (κ2) is 6.91. The van der Waals surface area contributed by atoms with Crippen LogP contribution in [0.2, 0.25) is 0 Å². The third kappa shape index (κ3) is 4.55. The SMILES string of the molecule is CCNC(CCC(C)(C)C)C1(OC)CCCCC1. The van der Waals surface area contributed by atoms with Gasteiger partial charge in [0, 0.05) is 13.2 Å². The molecule has 0 amide bonds.